The van der Waals surface area contributed by atoms with Crippen molar-refractivity contribution < 1.29 is 9.52 Å². The Morgan fingerprint density at radius 3 is 2.32 bits per heavy atom. The second-order valence-corrected chi connectivity index (χ2v) is 6.93. The first-order valence-electron chi connectivity index (χ1n) is 9.05. The Kier molecular flexibility index (Phi) is 3.59. The number of hydrogen-bond donors (Lipinski definition) is 2. The molecule has 0 saturated carbocycles. The first-order valence-corrected chi connectivity index (χ1v) is 9.05. The van der Waals surface area contributed by atoms with Gasteiger partial charge in [0.05, 0.1) is 5.52 Å². The Labute approximate surface area is 160 Å². The number of hydrogen-bond acceptors (Lipinski definition) is 3. The van der Waals surface area contributed by atoms with Crippen LogP contribution in [0.2, 0.25) is 0 Å². The molecule has 28 heavy (non-hydrogen) atoms. The Bertz CT molecular complexity index is 1380. The van der Waals surface area contributed by atoms with E-state index in [1.807, 2.05) is 67.7 Å². The van der Waals surface area contributed by atoms with E-state index in [-0.39, 0.29) is 5.75 Å². The zero-order valence-corrected chi connectivity index (χ0v) is 15.2. The summed E-state index contributed by atoms with van der Waals surface area (Å²) in [4.78, 5) is 15.4. The summed E-state index contributed by atoms with van der Waals surface area (Å²) in [5, 5.41) is 12.2. The highest BCUT2D eigenvalue weighted by atomic mass is 16.4. The SMILES string of the molecule is Cc1ccc(-c2c[nH]c3c2c(O)cc2oc(=O)cc(-c4ccccc4)c23)cc1. The molecule has 4 heteroatoms. The van der Waals surface area contributed by atoms with Crippen molar-refractivity contribution in [3.8, 4) is 28.0 Å². The van der Waals surface area contributed by atoms with Crippen LogP contribution in [0.25, 0.3) is 44.1 Å². The van der Waals surface area contributed by atoms with Crippen molar-refractivity contribution in [3.63, 3.8) is 0 Å². The lowest BCUT2D eigenvalue weighted by molar-refractivity contribution is 0.479. The van der Waals surface area contributed by atoms with Gasteiger partial charge in [-0.2, -0.15) is 0 Å². The van der Waals surface area contributed by atoms with Crippen molar-refractivity contribution >= 4 is 21.9 Å². The lowest BCUT2D eigenvalue weighted by Crippen LogP contribution is -1.98. The van der Waals surface area contributed by atoms with E-state index in [9.17, 15) is 9.90 Å². The van der Waals surface area contributed by atoms with Crippen molar-refractivity contribution in [2.75, 3.05) is 0 Å². The van der Waals surface area contributed by atoms with Crippen LogP contribution in [-0.4, -0.2) is 10.1 Å². The Balaban J connectivity index is 1.90. The third-order valence-electron chi connectivity index (χ3n) is 5.09. The number of H-pyrrole nitrogens is 1. The Hall–Kier alpha value is -3.79. The molecule has 0 amide bonds. The van der Waals surface area contributed by atoms with Crippen LogP contribution in [0.4, 0.5) is 0 Å². The lowest BCUT2D eigenvalue weighted by Gasteiger charge is -2.09. The molecular formula is C24H17NO3. The number of aryl methyl sites for hydroxylation is 1. The number of fused-ring (bicyclic) bond motifs is 3. The third kappa shape index (κ3) is 2.50. The summed E-state index contributed by atoms with van der Waals surface area (Å²) < 4.78 is 5.41. The number of aromatic hydroxyl groups is 1. The molecule has 0 aliphatic carbocycles. The summed E-state index contributed by atoms with van der Waals surface area (Å²) in [5.41, 5.74) is 5.42. The van der Waals surface area contributed by atoms with Crippen molar-refractivity contribution in [3.05, 3.63) is 88.9 Å². The second-order valence-electron chi connectivity index (χ2n) is 6.93. The van der Waals surface area contributed by atoms with Gasteiger partial charge in [0.15, 0.2) is 0 Å². The van der Waals surface area contributed by atoms with Gasteiger partial charge in [0.1, 0.15) is 11.3 Å². The fourth-order valence-corrected chi connectivity index (χ4v) is 3.76. The van der Waals surface area contributed by atoms with Gasteiger partial charge in [0.25, 0.3) is 0 Å². The first-order chi connectivity index (χ1) is 13.6. The molecule has 0 aliphatic rings. The van der Waals surface area contributed by atoms with Crippen molar-refractivity contribution in [1.82, 2.24) is 4.98 Å². The lowest BCUT2D eigenvalue weighted by atomic mass is 9.97. The zero-order chi connectivity index (χ0) is 19.3. The van der Waals surface area contributed by atoms with Crippen molar-refractivity contribution in [2.24, 2.45) is 0 Å². The van der Waals surface area contributed by atoms with Crippen LogP contribution in [0.3, 0.4) is 0 Å². The molecule has 136 valence electrons. The highest BCUT2D eigenvalue weighted by molar-refractivity contribution is 6.16. The normalized spacial score (nSPS) is 11.3. The van der Waals surface area contributed by atoms with Crippen LogP contribution in [-0.2, 0) is 0 Å². The van der Waals surface area contributed by atoms with Crippen molar-refractivity contribution in [1.29, 1.82) is 0 Å². The molecular weight excluding hydrogens is 350 g/mol. The van der Waals surface area contributed by atoms with Crippen LogP contribution < -0.4 is 5.63 Å². The number of benzene rings is 3. The predicted molar refractivity (Wildman–Crippen MR) is 112 cm³/mol. The fraction of sp³-hybridized carbons (Fsp3) is 0.0417. The van der Waals surface area contributed by atoms with Gasteiger partial charge in [-0.1, -0.05) is 60.2 Å². The minimum atomic E-state index is -0.449. The van der Waals surface area contributed by atoms with E-state index < -0.39 is 5.63 Å². The minimum Gasteiger partial charge on any atom is -0.507 e. The maximum absolute atomic E-state index is 12.1. The fourth-order valence-electron chi connectivity index (χ4n) is 3.76. The average Bonchev–Trinajstić information content (AvgIpc) is 3.14. The van der Waals surface area contributed by atoms with Crippen LogP contribution >= 0.6 is 0 Å². The van der Waals surface area contributed by atoms with E-state index in [4.69, 9.17) is 4.42 Å². The maximum Gasteiger partial charge on any atom is 0.336 e. The van der Waals surface area contributed by atoms with Gasteiger partial charge in [0, 0.05) is 40.2 Å². The second kappa shape index (κ2) is 6.13. The molecule has 4 nitrogen and oxygen atoms in total. The van der Waals surface area contributed by atoms with Crippen LogP contribution in [0, 0.1) is 6.92 Å². The van der Waals surface area contributed by atoms with E-state index in [0.717, 1.165) is 33.2 Å². The summed E-state index contributed by atoms with van der Waals surface area (Å²) in [7, 11) is 0. The van der Waals surface area contributed by atoms with Crippen LogP contribution in [0.5, 0.6) is 5.75 Å². The topological polar surface area (TPSA) is 66.2 Å². The highest BCUT2D eigenvalue weighted by Gasteiger charge is 2.18. The summed E-state index contributed by atoms with van der Waals surface area (Å²) in [6, 6.07) is 20.9. The standard InChI is InChI=1S/C24H17NO3/c1-14-7-9-16(10-8-14)18-13-25-24-22(18)19(26)12-20-23(24)17(11-21(27)28-20)15-5-3-2-4-6-15/h2-13,25-26H,1H3. The quantitative estimate of drug-likeness (QED) is 0.398. The number of phenols is 1. The van der Waals surface area contributed by atoms with Gasteiger partial charge in [-0.25, -0.2) is 4.79 Å². The summed E-state index contributed by atoms with van der Waals surface area (Å²) in [6.45, 7) is 2.04. The molecule has 0 unspecified atom stereocenters. The Morgan fingerprint density at radius 2 is 1.57 bits per heavy atom. The molecule has 0 bridgehead atoms. The van der Waals surface area contributed by atoms with Gasteiger partial charge in [-0.3, -0.25) is 0 Å². The van der Waals surface area contributed by atoms with Crippen LogP contribution in [0.15, 0.2) is 82.1 Å². The molecule has 2 heterocycles. The molecule has 5 rings (SSSR count). The van der Waals surface area contributed by atoms with Gasteiger partial charge in [-0.15, -0.1) is 0 Å². The maximum atomic E-state index is 12.1. The smallest absolute Gasteiger partial charge is 0.336 e. The number of nitrogens with one attached hydrogen (secondary N) is 1. The van der Waals surface area contributed by atoms with E-state index in [0.29, 0.717) is 11.0 Å². The average molecular weight is 367 g/mol. The molecule has 2 N–H and O–H groups in total. The summed E-state index contributed by atoms with van der Waals surface area (Å²) in [6.07, 6.45) is 1.88. The molecule has 0 spiro atoms. The highest BCUT2D eigenvalue weighted by Crippen LogP contribution is 2.41. The monoisotopic (exact) mass is 367 g/mol. The van der Waals surface area contributed by atoms with Gasteiger partial charge >= 0.3 is 5.63 Å². The number of rotatable bonds is 2. The Morgan fingerprint density at radius 1 is 0.857 bits per heavy atom. The van der Waals surface area contributed by atoms with E-state index in [2.05, 4.69) is 4.98 Å². The zero-order valence-electron chi connectivity index (χ0n) is 15.2. The molecule has 0 fully saturated rings. The third-order valence-corrected chi connectivity index (χ3v) is 5.09. The van der Waals surface area contributed by atoms with Crippen LogP contribution in [0.1, 0.15) is 5.56 Å². The molecule has 0 atom stereocenters. The molecule has 0 aliphatic heterocycles. The van der Waals surface area contributed by atoms with Gasteiger partial charge in [-0.05, 0) is 18.1 Å². The van der Waals surface area contributed by atoms with Crippen molar-refractivity contribution in [2.45, 2.75) is 6.92 Å². The van der Waals surface area contributed by atoms with E-state index >= 15 is 0 Å². The molecule has 0 saturated heterocycles. The molecule has 3 aromatic carbocycles. The summed E-state index contributed by atoms with van der Waals surface area (Å²) in [5.74, 6) is 0.0766. The van der Waals surface area contributed by atoms with E-state index in [1.54, 1.807) is 0 Å². The minimum absolute atomic E-state index is 0.0766. The number of aromatic amines is 1. The first kappa shape index (κ1) is 16.4. The number of phenolic OH excluding ortho intramolecular Hbond substituents is 1. The molecule has 2 aromatic heterocycles. The van der Waals surface area contributed by atoms with E-state index in [1.165, 1.54) is 17.7 Å². The molecule has 5 aromatic rings. The number of aromatic nitrogens is 1. The van der Waals surface area contributed by atoms with Gasteiger partial charge < -0.3 is 14.5 Å². The largest absolute Gasteiger partial charge is 0.507 e. The summed E-state index contributed by atoms with van der Waals surface area (Å²) >= 11 is 0. The predicted octanol–water partition coefficient (Wildman–Crippen LogP) is 5.62. The van der Waals surface area contributed by atoms with Gasteiger partial charge in [0.2, 0.25) is 0 Å². The molecule has 0 radical (unpaired) electrons.